The van der Waals surface area contributed by atoms with Gasteiger partial charge >= 0.3 is 0 Å². The van der Waals surface area contributed by atoms with Crippen LogP contribution in [0.15, 0.2) is 24.3 Å². The van der Waals surface area contributed by atoms with E-state index in [4.69, 9.17) is 4.74 Å². The van der Waals surface area contributed by atoms with Gasteiger partial charge < -0.3 is 9.64 Å². The van der Waals surface area contributed by atoms with Gasteiger partial charge in [-0.1, -0.05) is 32.0 Å². The van der Waals surface area contributed by atoms with Crippen LogP contribution in [-0.2, 0) is 9.53 Å². The third kappa shape index (κ3) is 2.16. The second-order valence-electron chi connectivity index (χ2n) is 5.86. The minimum Gasteiger partial charge on any atom is -0.368 e. The summed E-state index contributed by atoms with van der Waals surface area (Å²) in [6.45, 7) is 5.97. The highest BCUT2D eigenvalue weighted by Gasteiger charge is 2.37. The molecule has 2 aliphatic rings. The number of nitrogens with zero attached hydrogens (tertiary/aromatic N) is 1. The molecule has 1 aromatic carbocycles. The van der Waals surface area contributed by atoms with Gasteiger partial charge in [-0.3, -0.25) is 4.79 Å². The SMILES string of the molecule is CC(C)C1CN(C(=O)C2CCCO2)c2ccccc21. The summed E-state index contributed by atoms with van der Waals surface area (Å²) >= 11 is 0. The topological polar surface area (TPSA) is 29.5 Å². The Morgan fingerprint density at radius 2 is 2.16 bits per heavy atom. The average molecular weight is 259 g/mol. The van der Waals surface area contributed by atoms with Gasteiger partial charge in [-0.25, -0.2) is 0 Å². The summed E-state index contributed by atoms with van der Waals surface area (Å²) in [5.41, 5.74) is 2.39. The second kappa shape index (κ2) is 4.97. The van der Waals surface area contributed by atoms with Gasteiger partial charge in [-0.15, -0.1) is 0 Å². The van der Waals surface area contributed by atoms with Crippen molar-refractivity contribution in [3.8, 4) is 0 Å². The van der Waals surface area contributed by atoms with Gasteiger partial charge in [0.05, 0.1) is 0 Å². The molecular weight excluding hydrogens is 238 g/mol. The lowest BCUT2D eigenvalue weighted by molar-refractivity contribution is -0.127. The normalized spacial score (nSPS) is 25.9. The van der Waals surface area contributed by atoms with E-state index >= 15 is 0 Å². The smallest absolute Gasteiger partial charge is 0.256 e. The van der Waals surface area contributed by atoms with E-state index in [0.29, 0.717) is 11.8 Å². The number of amides is 1. The van der Waals surface area contributed by atoms with Crippen molar-refractivity contribution in [2.45, 2.75) is 38.7 Å². The van der Waals surface area contributed by atoms with Gasteiger partial charge in [0.1, 0.15) is 6.10 Å². The van der Waals surface area contributed by atoms with Gasteiger partial charge in [-0.2, -0.15) is 0 Å². The van der Waals surface area contributed by atoms with Crippen LogP contribution in [0.4, 0.5) is 5.69 Å². The zero-order chi connectivity index (χ0) is 13.4. The van der Waals surface area contributed by atoms with Crippen molar-refractivity contribution in [1.29, 1.82) is 0 Å². The summed E-state index contributed by atoms with van der Waals surface area (Å²) in [7, 11) is 0. The molecule has 102 valence electrons. The zero-order valence-corrected chi connectivity index (χ0v) is 11.6. The van der Waals surface area contributed by atoms with Crippen LogP contribution in [0.25, 0.3) is 0 Å². The van der Waals surface area contributed by atoms with E-state index in [1.165, 1.54) is 5.56 Å². The van der Waals surface area contributed by atoms with E-state index in [1.807, 2.05) is 11.0 Å². The molecule has 1 aromatic rings. The molecule has 1 amide bonds. The van der Waals surface area contributed by atoms with Crippen molar-refractivity contribution < 1.29 is 9.53 Å². The predicted octanol–water partition coefficient (Wildman–Crippen LogP) is 2.95. The zero-order valence-electron chi connectivity index (χ0n) is 11.6. The Balaban J connectivity index is 1.89. The third-order valence-electron chi connectivity index (χ3n) is 4.28. The minimum atomic E-state index is -0.223. The summed E-state index contributed by atoms with van der Waals surface area (Å²) in [5, 5.41) is 0. The van der Waals surface area contributed by atoms with E-state index in [1.54, 1.807) is 0 Å². The molecule has 1 fully saturated rings. The molecule has 0 saturated carbocycles. The van der Waals surface area contributed by atoms with Crippen LogP contribution in [0.1, 0.15) is 38.2 Å². The van der Waals surface area contributed by atoms with Gasteiger partial charge in [0, 0.05) is 24.8 Å². The summed E-state index contributed by atoms with van der Waals surface area (Å²) in [6.07, 6.45) is 1.64. The van der Waals surface area contributed by atoms with E-state index in [0.717, 1.165) is 31.7 Å². The van der Waals surface area contributed by atoms with Crippen LogP contribution in [0.2, 0.25) is 0 Å². The van der Waals surface area contributed by atoms with E-state index in [2.05, 4.69) is 32.0 Å². The second-order valence-corrected chi connectivity index (χ2v) is 5.86. The molecule has 2 aliphatic heterocycles. The van der Waals surface area contributed by atoms with Crippen molar-refractivity contribution in [1.82, 2.24) is 0 Å². The van der Waals surface area contributed by atoms with Gasteiger partial charge in [-0.05, 0) is 30.4 Å². The molecule has 2 unspecified atom stereocenters. The molecule has 2 atom stereocenters. The fourth-order valence-corrected chi connectivity index (χ4v) is 3.17. The molecule has 0 N–H and O–H groups in total. The van der Waals surface area contributed by atoms with E-state index < -0.39 is 0 Å². The van der Waals surface area contributed by atoms with Crippen molar-refractivity contribution in [3.63, 3.8) is 0 Å². The van der Waals surface area contributed by atoms with E-state index in [9.17, 15) is 4.79 Å². The van der Waals surface area contributed by atoms with Crippen LogP contribution in [0.3, 0.4) is 0 Å². The van der Waals surface area contributed by atoms with Crippen molar-refractivity contribution in [2.24, 2.45) is 5.92 Å². The Kier molecular flexibility index (Phi) is 3.31. The first kappa shape index (κ1) is 12.7. The maximum Gasteiger partial charge on any atom is 0.256 e. The number of fused-ring (bicyclic) bond motifs is 1. The molecule has 0 aromatic heterocycles. The molecule has 19 heavy (non-hydrogen) atoms. The lowest BCUT2D eigenvalue weighted by atomic mass is 9.90. The van der Waals surface area contributed by atoms with Gasteiger partial charge in [0.15, 0.2) is 0 Å². The number of hydrogen-bond acceptors (Lipinski definition) is 2. The molecule has 3 heteroatoms. The van der Waals surface area contributed by atoms with E-state index in [-0.39, 0.29) is 12.0 Å². The van der Waals surface area contributed by atoms with Gasteiger partial charge in [0.2, 0.25) is 0 Å². The molecule has 0 spiro atoms. The maximum atomic E-state index is 12.6. The Morgan fingerprint density at radius 3 is 2.84 bits per heavy atom. The largest absolute Gasteiger partial charge is 0.368 e. The number of benzene rings is 1. The molecule has 0 radical (unpaired) electrons. The first-order chi connectivity index (χ1) is 9.18. The molecule has 3 rings (SSSR count). The number of carbonyl (C=O) groups is 1. The van der Waals surface area contributed by atoms with Gasteiger partial charge in [0.25, 0.3) is 5.91 Å². The van der Waals surface area contributed by atoms with Crippen molar-refractivity contribution in [2.75, 3.05) is 18.1 Å². The summed E-state index contributed by atoms with van der Waals surface area (Å²) < 4.78 is 5.55. The Hall–Kier alpha value is -1.35. The van der Waals surface area contributed by atoms with Crippen LogP contribution in [-0.4, -0.2) is 25.2 Å². The number of hydrogen-bond donors (Lipinski definition) is 0. The number of carbonyl (C=O) groups excluding carboxylic acids is 1. The Bertz CT molecular complexity index is 477. The molecule has 3 nitrogen and oxygen atoms in total. The van der Waals surface area contributed by atoms with Crippen molar-refractivity contribution in [3.05, 3.63) is 29.8 Å². The summed E-state index contributed by atoms with van der Waals surface area (Å²) in [5.74, 6) is 1.14. The van der Waals surface area contributed by atoms with Crippen LogP contribution >= 0.6 is 0 Å². The summed E-state index contributed by atoms with van der Waals surface area (Å²) in [6, 6.07) is 8.29. The number of ether oxygens (including phenoxy) is 1. The monoisotopic (exact) mass is 259 g/mol. The lowest BCUT2D eigenvalue weighted by Gasteiger charge is -2.22. The molecular formula is C16H21NO2. The Morgan fingerprint density at radius 1 is 1.37 bits per heavy atom. The molecule has 2 heterocycles. The highest BCUT2D eigenvalue weighted by Crippen LogP contribution is 2.40. The number of rotatable bonds is 2. The number of para-hydroxylation sites is 1. The lowest BCUT2D eigenvalue weighted by Crippen LogP contribution is -2.38. The van der Waals surface area contributed by atoms with Crippen LogP contribution in [0.5, 0.6) is 0 Å². The minimum absolute atomic E-state index is 0.146. The fraction of sp³-hybridized carbons (Fsp3) is 0.562. The highest BCUT2D eigenvalue weighted by atomic mass is 16.5. The predicted molar refractivity (Wildman–Crippen MR) is 75.3 cm³/mol. The first-order valence-electron chi connectivity index (χ1n) is 7.20. The van der Waals surface area contributed by atoms with Crippen LogP contribution in [0, 0.1) is 5.92 Å². The average Bonchev–Trinajstić information content (AvgIpc) is 3.05. The molecule has 0 bridgehead atoms. The van der Waals surface area contributed by atoms with Crippen molar-refractivity contribution >= 4 is 11.6 Å². The summed E-state index contributed by atoms with van der Waals surface area (Å²) in [4.78, 5) is 14.5. The Labute approximate surface area is 114 Å². The molecule has 0 aliphatic carbocycles. The van der Waals surface area contributed by atoms with Crippen LogP contribution < -0.4 is 4.90 Å². The quantitative estimate of drug-likeness (QED) is 0.817. The maximum absolute atomic E-state index is 12.6. The third-order valence-corrected chi connectivity index (χ3v) is 4.28. The standard InChI is InChI=1S/C16H21NO2/c1-11(2)13-10-17(14-7-4-3-6-12(13)14)16(18)15-8-5-9-19-15/h3-4,6-7,11,13,15H,5,8-10H2,1-2H3. The highest BCUT2D eigenvalue weighted by molar-refractivity contribution is 5.98. The first-order valence-corrected chi connectivity index (χ1v) is 7.20. The molecule has 1 saturated heterocycles. The fourth-order valence-electron chi connectivity index (χ4n) is 3.17. The number of anilines is 1.